The van der Waals surface area contributed by atoms with Gasteiger partial charge in [-0.2, -0.15) is 0 Å². The molecule has 0 N–H and O–H groups in total. The average molecular weight is 446 g/mol. The zero-order valence-corrected chi connectivity index (χ0v) is 22.3. The summed E-state index contributed by atoms with van der Waals surface area (Å²) in [5.74, 6) is 2.98. The van der Waals surface area contributed by atoms with Gasteiger partial charge in [0.2, 0.25) is 0 Å². The Morgan fingerprint density at radius 3 is 1.84 bits per heavy atom. The summed E-state index contributed by atoms with van der Waals surface area (Å²) in [5.41, 5.74) is 9.02. The van der Waals surface area contributed by atoms with Crippen LogP contribution in [0.1, 0.15) is 83.9 Å². The third kappa shape index (κ3) is 3.28. The van der Waals surface area contributed by atoms with Crippen LogP contribution in [0.3, 0.4) is 0 Å². The maximum Gasteiger partial charge on any atom is 0.141 e. The van der Waals surface area contributed by atoms with Gasteiger partial charge >= 0.3 is 0 Å². The molecule has 2 nitrogen and oxygen atoms in total. The van der Waals surface area contributed by atoms with Crippen LogP contribution in [-0.4, -0.2) is 12.6 Å². The third-order valence-electron chi connectivity index (χ3n) is 7.58. The summed E-state index contributed by atoms with van der Waals surface area (Å²) >= 11 is 0. The van der Waals surface area contributed by atoms with E-state index in [0.717, 1.165) is 11.5 Å². The number of nitrogens with zero attached hydrogens (tertiary/aromatic N) is 1. The van der Waals surface area contributed by atoms with Gasteiger partial charge in [-0.15, -0.1) is 0 Å². The molecule has 0 spiro atoms. The summed E-state index contributed by atoms with van der Waals surface area (Å²) in [4.78, 5) is 0. The minimum absolute atomic E-state index is 0.412. The average Bonchev–Trinajstić information content (AvgIpc) is 3.23. The maximum atomic E-state index is 7.05. The van der Waals surface area contributed by atoms with Gasteiger partial charge in [0.1, 0.15) is 19.6 Å². The van der Waals surface area contributed by atoms with Crippen LogP contribution in [0, 0.1) is 0 Å². The first kappa shape index (κ1) is 22.9. The molecule has 0 saturated heterocycles. The second-order valence-electron chi connectivity index (χ2n) is 10.7. The molecule has 3 aromatic rings. The Morgan fingerprint density at radius 2 is 1.31 bits per heavy atom. The minimum atomic E-state index is -1.97. The molecule has 2 heterocycles. The molecule has 0 radical (unpaired) electrons. The van der Waals surface area contributed by atoms with Gasteiger partial charge in [0, 0.05) is 28.8 Å². The molecule has 0 bridgehead atoms. The molecule has 0 amide bonds. The SMILES string of the molecule is CC(C)c1cccc(C(C)C)c1OC1=C[Si](C(C)C)(C(C)C)c2c1c1ccccc1n2C. The van der Waals surface area contributed by atoms with Crippen molar-refractivity contribution >= 4 is 30.1 Å². The van der Waals surface area contributed by atoms with Crippen molar-refractivity contribution in [1.29, 1.82) is 0 Å². The minimum Gasteiger partial charge on any atom is -0.457 e. The lowest BCUT2D eigenvalue weighted by Gasteiger charge is -2.35. The first-order chi connectivity index (χ1) is 15.1. The summed E-state index contributed by atoms with van der Waals surface area (Å²) in [6.07, 6.45) is 0. The molecular formula is C29H39NOSi. The summed E-state index contributed by atoms with van der Waals surface area (Å²) in [7, 11) is 0.291. The Hall–Kier alpha value is -2.26. The smallest absolute Gasteiger partial charge is 0.141 e. The van der Waals surface area contributed by atoms with Crippen LogP contribution < -0.4 is 10.1 Å². The van der Waals surface area contributed by atoms with Gasteiger partial charge in [0.05, 0.1) is 0 Å². The molecular weight excluding hydrogens is 406 g/mol. The molecule has 4 rings (SSSR count). The molecule has 0 fully saturated rings. The van der Waals surface area contributed by atoms with Gasteiger partial charge in [-0.3, -0.25) is 0 Å². The van der Waals surface area contributed by atoms with E-state index in [1.165, 1.54) is 32.9 Å². The van der Waals surface area contributed by atoms with E-state index in [2.05, 4.69) is 115 Å². The van der Waals surface area contributed by atoms with Gasteiger partial charge in [-0.05, 0) is 45.8 Å². The number of hydrogen-bond donors (Lipinski definition) is 0. The lowest BCUT2D eigenvalue weighted by Crippen LogP contribution is -2.53. The van der Waals surface area contributed by atoms with Crippen molar-refractivity contribution in [3.8, 4) is 5.75 Å². The number of fused-ring (bicyclic) bond motifs is 3. The summed E-state index contributed by atoms with van der Waals surface area (Å²) < 4.78 is 9.52. The number of rotatable bonds is 6. The number of aryl methyl sites for hydroxylation is 1. The van der Waals surface area contributed by atoms with Crippen LogP contribution in [0.25, 0.3) is 16.7 Å². The van der Waals surface area contributed by atoms with Crippen LogP contribution >= 0.6 is 0 Å². The van der Waals surface area contributed by atoms with Crippen molar-refractivity contribution in [3.63, 3.8) is 0 Å². The van der Waals surface area contributed by atoms with E-state index in [1.807, 2.05) is 0 Å². The van der Waals surface area contributed by atoms with Crippen LogP contribution in [0.4, 0.5) is 0 Å². The molecule has 3 heteroatoms. The van der Waals surface area contributed by atoms with Crippen molar-refractivity contribution in [2.24, 2.45) is 7.05 Å². The molecule has 1 aromatic heterocycles. The molecule has 32 heavy (non-hydrogen) atoms. The topological polar surface area (TPSA) is 14.2 Å². The number of benzene rings is 2. The van der Waals surface area contributed by atoms with Crippen LogP contribution in [0.5, 0.6) is 5.75 Å². The summed E-state index contributed by atoms with van der Waals surface area (Å²) in [5, 5.41) is 2.85. The normalized spacial score (nSPS) is 15.3. The van der Waals surface area contributed by atoms with E-state index >= 15 is 0 Å². The highest BCUT2D eigenvalue weighted by Gasteiger charge is 2.50. The number of ether oxygens (including phenoxy) is 1. The Kier molecular flexibility index (Phi) is 5.91. The molecule has 1 aliphatic rings. The predicted octanol–water partition coefficient (Wildman–Crippen LogP) is 7.87. The predicted molar refractivity (Wildman–Crippen MR) is 142 cm³/mol. The number of hydrogen-bond acceptors (Lipinski definition) is 1. The fourth-order valence-electron chi connectivity index (χ4n) is 5.85. The van der Waals surface area contributed by atoms with Crippen LogP contribution in [-0.2, 0) is 7.05 Å². The summed E-state index contributed by atoms with van der Waals surface area (Å²) in [6.45, 7) is 18.7. The Bertz CT molecular complexity index is 1150. The first-order valence-electron chi connectivity index (χ1n) is 12.2. The molecule has 2 aromatic carbocycles. The standard InChI is InChI=1S/C29H39NOSi/c1-18(2)22-14-12-15-23(19(3)4)28(22)31-26-17-32(20(5)6,21(7)8)29-27(26)24-13-10-11-16-25(24)30(29)9/h10-21H,1-9H3. The van der Waals surface area contributed by atoms with Crippen LogP contribution in [0.15, 0.2) is 48.2 Å². The lowest BCUT2D eigenvalue weighted by atomic mass is 9.94. The quantitative estimate of drug-likeness (QED) is 0.352. The second-order valence-corrected chi connectivity index (χ2v) is 15.7. The molecule has 0 atom stereocenters. The van der Waals surface area contributed by atoms with Gasteiger partial charge in [0.25, 0.3) is 0 Å². The van der Waals surface area contributed by atoms with Gasteiger partial charge in [-0.25, -0.2) is 0 Å². The van der Waals surface area contributed by atoms with E-state index in [-0.39, 0.29) is 0 Å². The zero-order valence-electron chi connectivity index (χ0n) is 21.3. The fraction of sp³-hybridized carbons (Fsp3) is 0.448. The van der Waals surface area contributed by atoms with Crippen molar-refractivity contribution < 1.29 is 4.74 Å². The largest absolute Gasteiger partial charge is 0.457 e. The van der Waals surface area contributed by atoms with E-state index in [0.29, 0.717) is 22.9 Å². The monoisotopic (exact) mass is 445 g/mol. The molecule has 0 aliphatic carbocycles. The molecule has 0 unspecified atom stereocenters. The Labute approximate surface area is 195 Å². The molecule has 1 aliphatic heterocycles. The van der Waals surface area contributed by atoms with E-state index in [1.54, 1.807) is 0 Å². The van der Waals surface area contributed by atoms with Crippen molar-refractivity contribution in [3.05, 3.63) is 64.9 Å². The summed E-state index contributed by atoms with van der Waals surface area (Å²) in [6, 6.07) is 15.5. The molecule has 0 saturated carbocycles. The van der Waals surface area contributed by atoms with Crippen molar-refractivity contribution in [1.82, 2.24) is 4.57 Å². The van der Waals surface area contributed by atoms with Gasteiger partial charge in [0.15, 0.2) is 0 Å². The Morgan fingerprint density at radius 1 is 0.750 bits per heavy atom. The fourth-order valence-corrected chi connectivity index (χ4v) is 11.1. The highest BCUT2D eigenvalue weighted by Crippen LogP contribution is 2.46. The lowest BCUT2D eigenvalue weighted by molar-refractivity contribution is 0.495. The zero-order chi connectivity index (χ0) is 23.4. The van der Waals surface area contributed by atoms with Gasteiger partial charge in [-0.1, -0.05) is 91.8 Å². The Balaban J connectivity index is 2.02. The van der Waals surface area contributed by atoms with E-state index < -0.39 is 8.07 Å². The van der Waals surface area contributed by atoms with Crippen molar-refractivity contribution in [2.45, 2.75) is 78.3 Å². The maximum absolute atomic E-state index is 7.05. The highest BCUT2D eigenvalue weighted by molar-refractivity contribution is 7.00. The molecule has 170 valence electrons. The van der Waals surface area contributed by atoms with Crippen molar-refractivity contribution in [2.75, 3.05) is 0 Å². The highest BCUT2D eigenvalue weighted by atomic mass is 28.3. The first-order valence-corrected chi connectivity index (χ1v) is 14.5. The number of para-hydroxylation sites is 2. The number of aromatic nitrogens is 1. The van der Waals surface area contributed by atoms with Crippen LogP contribution in [0.2, 0.25) is 11.1 Å². The third-order valence-corrected chi connectivity index (χ3v) is 13.5. The second kappa shape index (κ2) is 8.26. The van der Waals surface area contributed by atoms with E-state index in [9.17, 15) is 0 Å². The van der Waals surface area contributed by atoms with E-state index in [4.69, 9.17) is 4.74 Å². The van der Waals surface area contributed by atoms with Gasteiger partial charge < -0.3 is 9.30 Å².